The number of aliphatic hydroxyl groups is 1. The second kappa shape index (κ2) is 14.1. The molecule has 0 aliphatic carbocycles. The SMILES string of the molecule is COC(=O)NCC(=O)NC(c1ccc(C(CO)N(CCC(C)(C)C)S(=O)(=O)c2ccc(-c3ccn(C)n3)cc2)s1)C(F)(F)F. The number of nitrogens with one attached hydrogen (secondary N) is 2. The Kier molecular flexibility index (Phi) is 11.2. The van der Waals surface area contributed by atoms with Crippen molar-refractivity contribution in [2.75, 3.05) is 26.8 Å². The fourth-order valence-corrected chi connectivity index (χ4v) is 7.02. The second-order valence-electron chi connectivity index (χ2n) is 11.2. The Morgan fingerprint density at radius 3 is 2.25 bits per heavy atom. The lowest BCUT2D eigenvalue weighted by Crippen LogP contribution is -2.43. The molecule has 0 saturated heterocycles. The Morgan fingerprint density at radius 1 is 1.09 bits per heavy atom. The number of carbonyl (C=O) groups is 2. The van der Waals surface area contributed by atoms with Gasteiger partial charge in [0.05, 0.1) is 30.3 Å². The zero-order valence-electron chi connectivity index (χ0n) is 24.9. The van der Waals surface area contributed by atoms with E-state index in [1.807, 2.05) is 31.4 Å². The fraction of sp³-hybridized carbons (Fsp3) is 0.464. The minimum Gasteiger partial charge on any atom is -0.453 e. The first-order valence-electron chi connectivity index (χ1n) is 13.5. The molecule has 3 N–H and O–H groups in total. The third kappa shape index (κ3) is 9.03. The van der Waals surface area contributed by atoms with Gasteiger partial charge in [0.2, 0.25) is 15.9 Å². The molecule has 2 heterocycles. The number of rotatable bonds is 12. The molecule has 0 spiro atoms. The number of halogens is 3. The van der Waals surface area contributed by atoms with Crippen LogP contribution in [0.5, 0.6) is 0 Å². The Hall–Kier alpha value is -3.47. The molecular weight excluding hydrogens is 623 g/mol. The van der Waals surface area contributed by atoms with Crippen LogP contribution in [0.25, 0.3) is 11.3 Å². The number of nitrogens with zero attached hydrogens (tertiary/aromatic N) is 3. The lowest BCUT2D eigenvalue weighted by Gasteiger charge is -2.31. The molecule has 3 aromatic rings. The van der Waals surface area contributed by atoms with Crippen LogP contribution in [0.1, 0.15) is 49.0 Å². The van der Waals surface area contributed by atoms with E-state index in [1.54, 1.807) is 36.1 Å². The highest BCUT2D eigenvalue weighted by molar-refractivity contribution is 7.89. The number of carbonyl (C=O) groups excluding carboxylic acids is 2. The van der Waals surface area contributed by atoms with Gasteiger partial charge in [-0.3, -0.25) is 9.48 Å². The fourth-order valence-electron chi connectivity index (χ4n) is 4.17. The van der Waals surface area contributed by atoms with Crippen molar-refractivity contribution in [3.05, 3.63) is 58.4 Å². The molecule has 44 heavy (non-hydrogen) atoms. The molecule has 242 valence electrons. The third-order valence-electron chi connectivity index (χ3n) is 6.54. The number of hydrogen-bond donors (Lipinski definition) is 3. The van der Waals surface area contributed by atoms with Crippen LogP contribution in [0.2, 0.25) is 0 Å². The molecule has 2 atom stereocenters. The molecule has 0 saturated carbocycles. The number of amides is 2. The molecule has 0 aliphatic heterocycles. The highest BCUT2D eigenvalue weighted by Gasteiger charge is 2.43. The van der Waals surface area contributed by atoms with Crippen molar-refractivity contribution >= 4 is 33.4 Å². The molecule has 3 rings (SSSR count). The number of aliphatic hydroxyl groups excluding tert-OH is 1. The summed E-state index contributed by atoms with van der Waals surface area (Å²) in [6.45, 7) is 4.27. The van der Waals surface area contributed by atoms with Gasteiger partial charge in [0, 0.05) is 35.1 Å². The maximum absolute atomic E-state index is 14.0. The Balaban J connectivity index is 1.95. The normalized spacial score (nSPS) is 13.9. The van der Waals surface area contributed by atoms with Crippen molar-refractivity contribution in [1.82, 2.24) is 24.7 Å². The molecule has 0 radical (unpaired) electrons. The maximum Gasteiger partial charge on any atom is 0.413 e. The van der Waals surface area contributed by atoms with Gasteiger partial charge in [-0.2, -0.15) is 22.6 Å². The minimum absolute atomic E-state index is 0.0229. The number of aryl methyl sites for hydroxylation is 1. The van der Waals surface area contributed by atoms with Crippen LogP contribution in [0, 0.1) is 5.41 Å². The first-order valence-corrected chi connectivity index (χ1v) is 15.7. The van der Waals surface area contributed by atoms with Gasteiger partial charge < -0.3 is 20.5 Å². The number of aromatic nitrogens is 2. The van der Waals surface area contributed by atoms with Crippen LogP contribution >= 0.6 is 11.3 Å². The first-order chi connectivity index (χ1) is 20.5. The van der Waals surface area contributed by atoms with E-state index in [1.165, 1.54) is 18.2 Å². The molecule has 2 aromatic heterocycles. The monoisotopic (exact) mass is 659 g/mol. The molecular formula is C28H36F3N5O6S2. The van der Waals surface area contributed by atoms with Gasteiger partial charge in [-0.25, -0.2) is 13.2 Å². The van der Waals surface area contributed by atoms with E-state index in [-0.39, 0.29) is 26.6 Å². The number of alkyl carbamates (subject to hydrolysis) is 1. The van der Waals surface area contributed by atoms with Crippen molar-refractivity contribution in [3.8, 4) is 11.3 Å². The zero-order chi connectivity index (χ0) is 32.9. The van der Waals surface area contributed by atoms with E-state index in [0.717, 1.165) is 17.5 Å². The van der Waals surface area contributed by atoms with Crippen LogP contribution in [-0.2, 0) is 26.6 Å². The molecule has 0 fully saturated rings. The van der Waals surface area contributed by atoms with Gasteiger partial charge >= 0.3 is 12.3 Å². The van der Waals surface area contributed by atoms with Gasteiger partial charge in [0.15, 0.2) is 6.04 Å². The summed E-state index contributed by atoms with van der Waals surface area (Å²) in [5, 5.41) is 18.6. The van der Waals surface area contributed by atoms with E-state index in [0.29, 0.717) is 29.0 Å². The summed E-state index contributed by atoms with van der Waals surface area (Å²) in [5.41, 5.74) is 1.03. The molecule has 2 unspecified atom stereocenters. The Labute approximate surface area is 258 Å². The largest absolute Gasteiger partial charge is 0.453 e. The minimum atomic E-state index is -4.91. The average molecular weight is 660 g/mol. The van der Waals surface area contributed by atoms with Crippen molar-refractivity contribution < 1.29 is 41.0 Å². The topological polar surface area (TPSA) is 143 Å². The number of hydrogen-bond acceptors (Lipinski definition) is 8. The number of methoxy groups -OCH3 is 1. The quantitative estimate of drug-likeness (QED) is 0.262. The smallest absolute Gasteiger partial charge is 0.413 e. The van der Waals surface area contributed by atoms with Crippen LogP contribution in [0.3, 0.4) is 0 Å². The third-order valence-corrected chi connectivity index (χ3v) is 9.72. The predicted octanol–water partition coefficient (Wildman–Crippen LogP) is 4.38. The predicted molar refractivity (Wildman–Crippen MR) is 158 cm³/mol. The van der Waals surface area contributed by atoms with E-state index in [9.17, 15) is 36.3 Å². The van der Waals surface area contributed by atoms with Gasteiger partial charge in [-0.15, -0.1) is 11.3 Å². The van der Waals surface area contributed by atoms with Gasteiger partial charge in [-0.1, -0.05) is 32.9 Å². The molecule has 0 bridgehead atoms. The number of alkyl halides is 3. The van der Waals surface area contributed by atoms with Gasteiger partial charge in [0.25, 0.3) is 0 Å². The van der Waals surface area contributed by atoms with E-state index in [4.69, 9.17) is 0 Å². The second-order valence-corrected chi connectivity index (χ2v) is 14.2. The number of ether oxygens (including phenoxy) is 1. The summed E-state index contributed by atoms with van der Waals surface area (Å²) in [6.07, 6.45) is -3.76. The Bertz CT molecular complexity index is 1530. The number of benzene rings is 1. The molecule has 2 amide bonds. The van der Waals surface area contributed by atoms with Crippen LogP contribution < -0.4 is 10.6 Å². The average Bonchev–Trinajstić information content (AvgIpc) is 3.60. The Morgan fingerprint density at radius 2 is 1.73 bits per heavy atom. The maximum atomic E-state index is 14.0. The van der Waals surface area contributed by atoms with Crippen LogP contribution in [0.15, 0.2) is 53.6 Å². The van der Waals surface area contributed by atoms with Crippen LogP contribution in [-0.4, -0.2) is 72.6 Å². The van der Waals surface area contributed by atoms with E-state index < -0.39 is 53.4 Å². The molecule has 1 aromatic carbocycles. The summed E-state index contributed by atoms with van der Waals surface area (Å²) < 4.78 is 77.1. The van der Waals surface area contributed by atoms with Gasteiger partial charge in [0.1, 0.15) is 6.54 Å². The number of thiophene rings is 1. The molecule has 16 heteroatoms. The van der Waals surface area contributed by atoms with Crippen molar-refractivity contribution in [3.63, 3.8) is 0 Å². The summed E-state index contributed by atoms with van der Waals surface area (Å²) in [5.74, 6) is -1.12. The number of sulfonamides is 1. The van der Waals surface area contributed by atoms with Gasteiger partial charge in [-0.05, 0) is 42.2 Å². The lowest BCUT2D eigenvalue weighted by atomic mass is 9.92. The van der Waals surface area contributed by atoms with E-state index >= 15 is 0 Å². The first kappa shape index (κ1) is 35.0. The van der Waals surface area contributed by atoms with Crippen molar-refractivity contribution in [2.24, 2.45) is 12.5 Å². The van der Waals surface area contributed by atoms with Crippen molar-refractivity contribution in [1.29, 1.82) is 0 Å². The summed E-state index contributed by atoms with van der Waals surface area (Å²) in [7, 11) is -1.44. The zero-order valence-corrected chi connectivity index (χ0v) is 26.5. The standard InChI is InChI=1S/C28H36F3N5O6S2/c1-27(2,3)13-15-36(44(40,41)19-8-6-18(7-9-19)20-12-14-35(4)34-20)21(17-37)22-10-11-23(43-22)25(28(29,30)31)33-24(38)16-32-26(39)42-5/h6-12,14,21,25,37H,13,15-17H2,1-5H3,(H,32,39)(H,33,38). The molecule has 11 nitrogen and oxygen atoms in total. The van der Waals surface area contributed by atoms with Crippen molar-refractivity contribution in [2.45, 2.75) is 50.3 Å². The van der Waals surface area contributed by atoms with E-state index in [2.05, 4.69) is 9.84 Å². The highest BCUT2D eigenvalue weighted by atomic mass is 32.2. The summed E-state index contributed by atoms with van der Waals surface area (Å²) in [6, 6.07) is 6.65. The molecule has 0 aliphatic rings. The highest BCUT2D eigenvalue weighted by Crippen LogP contribution is 2.40. The summed E-state index contributed by atoms with van der Waals surface area (Å²) >= 11 is 0.623. The summed E-state index contributed by atoms with van der Waals surface area (Å²) in [4.78, 5) is 23.2. The lowest BCUT2D eigenvalue weighted by molar-refractivity contribution is -0.162. The van der Waals surface area contributed by atoms with Crippen LogP contribution in [0.4, 0.5) is 18.0 Å².